The van der Waals surface area contributed by atoms with E-state index in [0.717, 1.165) is 22.6 Å². The zero-order valence-corrected chi connectivity index (χ0v) is 12.4. The van der Waals surface area contributed by atoms with Crippen LogP contribution in [0.25, 0.3) is 11.0 Å². The molecule has 19 heavy (non-hydrogen) atoms. The standard InChI is InChI=1S/C14H19ClN2O2/c1-9(8-18-3)17-13-7-11(19-4)5-6-12(13)16-14(17)10(2)15/h5-7,9-10H,8H2,1-4H3. The van der Waals surface area contributed by atoms with Gasteiger partial charge in [-0.3, -0.25) is 0 Å². The molecular weight excluding hydrogens is 264 g/mol. The quantitative estimate of drug-likeness (QED) is 0.787. The molecule has 0 amide bonds. The number of halogens is 1. The highest BCUT2D eigenvalue weighted by molar-refractivity contribution is 6.20. The lowest BCUT2D eigenvalue weighted by Gasteiger charge is -2.18. The van der Waals surface area contributed by atoms with Crippen LogP contribution in [0.1, 0.15) is 31.1 Å². The molecule has 0 aliphatic rings. The van der Waals surface area contributed by atoms with Gasteiger partial charge in [-0.15, -0.1) is 11.6 Å². The maximum absolute atomic E-state index is 6.24. The van der Waals surface area contributed by atoms with Crippen LogP contribution in [-0.4, -0.2) is 30.4 Å². The van der Waals surface area contributed by atoms with Crippen molar-refractivity contribution in [2.75, 3.05) is 20.8 Å². The smallest absolute Gasteiger partial charge is 0.128 e. The van der Waals surface area contributed by atoms with E-state index in [-0.39, 0.29) is 11.4 Å². The third-order valence-electron chi connectivity index (χ3n) is 3.13. The first-order valence-electron chi connectivity index (χ1n) is 6.27. The Bertz CT molecular complexity index is 566. The highest BCUT2D eigenvalue weighted by atomic mass is 35.5. The second-order valence-electron chi connectivity index (χ2n) is 4.62. The summed E-state index contributed by atoms with van der Waals surface area (Å²) >= 11 is 6.24. The summed E-state index contributed by atoms with van der Waals surface area (Å²) < 4.78 is 12.7. The van der Waals surface area contributed by atoms with E-state index in [1.54, 1.807) is 14.2 Å². The van der Waals surface area contributed by atoms with Crippen molar-refractivity contribution in [1.82, 2.24) is 9.55 Å². The fraction of sp³-hybridized carbons (Fsp3) is 0.500. The summed E-state index contributed by atoms with van der Waals surface area (Å²) in [6, 6.07) is 6.01. The monoisotopic (exact) mass is 282 g/mol. The molecule has 4 nitrogen and oxygen atoms in total. The van der Waals surface area contributed by atoms with Gasteiger partial charge < -0.3 is 14.0 Å². The van der Waals surface area contributed by atoms with Crippen molar-refractivity contribution in [1.29, 1.82) is 0 Å². The number of benzene rings is 1. The molecule has 1 heterocycles. The second-order valence-corrected chi connectivity index (χ2v) is 5.27. The molecule has 1 aromatic carbocycles. The fourth-order valence-corrected chi connectivity index (χ4v) is 2.43. The molecule has 2 unspecified atom stereocenters. The molecule has 0 radical (unpaired) electrons. The number of fused-ring (bicyclic) bond motifs is 1. The number of ether oxygens (including phenoxy) is 2. The predicted molar refractivity (Wildman–Crippen MR) is 77.1 cm³/mol. The van der Waals surface area contributed by atoms with Gasteiger partial charge in [0.05, 0.1) is 36.2 Å². The average molecular weight is 283 g/mol. The van der Waals surface area contributed by atoms with E-state index in [9.17, 15) is 0 Å². The first kappa shape index (κ1) is 14.2. The van der Waals surface area contributed by atoms with Crippen LogP contribution in [0, 0.1) is 0 Å². The van der Waals surface area contributed by atoms with E-state index >= 15 is 0 Å². The Hall–Kier alpha value is -1.26. The number of imidazole rings is 1. The van der Waals surface area contributed by atoms with E-state index in [0.29, 0.717) is 6.61 Å². The molecule has 0 aliphatic heterocycles. The van der Waals surface area contributed by atoms with Gasteiger partial charge in [-0.05, 0) is 26.0 Å². The van der Waals surface area contributed by atoms with Crippen molar-refractivity contribution in [2.45, 2.75) is 25.3 Å². The maximum Gasteiger partial charge on any atom is 0.128 e. The van der Waals surface area contributed by atoms with Crippen LogP contribution in [-0.2, 0) is 4.74 Å². The topological polar surface area (TPSA) is 36.3 Å². The number of rotatable bonds is 5. The first-order valence-corrected chi connectivity index (χ1v) is 6.71. The average Bonchev–Trinajstić information content (AvgIpc) is 2.77. The summed E-state index contributed by atoms with van der Waals surface area (Å²) in [5.41, 5.74) is 1.94. The number of hydrogen-bond donors (Lipinski definition) is 0. The van der Waals surface area contributed by atoms with Crippen molar-refractivity contribution in [3.8, 4) is 5.75 Å². The zero-order chi connectivity index (χ0) is 14.0. The molecule has 0 saturated carbocycles. The molecule has 5 heteroatoms. The molecule has 0 aliphatic carbocycles. The van der Waals surface area contributed by atoms with Gasteiger partial charge in [-0.1, -0.05) is 0 Å². The minimum Gasteiger partial charge on any atom is -0.497 e. The van der Waals surface area contributed by atoms with E-state index in [2.05, 4.69) is 16.5 Å². The normalized spacial score (nSPS) is 14.6. The van der Waals surface area contributed by atoms with Gasteiger partial charge in [0.1, 0.15) is 11.6 Å². The lowest BCUT2D eigenvalue weighted by Crippen LogP contribution is -2.14. The van der Waals surface area contributed by atoms with Crippen LogP contribution < -0.4 is 4.74 Å². The number of methoxy groups -OCH3 is 2. The van der Waals surface area contributed by atoms with E-state index < -0.39 is 0 Å². The summed E-state index contributed by atoms with van der Waals surface area (Å²) in [4.78, 5) is 4.61. The minimum absolute atomic E-state index is 0.155. The van der Waals surface area contributed by atoms with E-state index in [1.165, 1.54) is 0 Å². The van der Waals surface area contributed by atoms with Gasteiger partial charge in [0.15, 0.2) is 0 Å². The number of nitrogens with zero attached hydrogens (tertiary/aromatic N) is 2. The van der Waals surface area contributed by atoms with Gasteiger partial charge in [0.25, 0.3) is 0 Å². The Kier molecular flexibility index (Phi) is 4.32. The van der Waals surface area contributed by atoms with Crippen LogP contribution in [0.3, 0.4) is 0 Å². The Morgan fingerprint density at radius 1 is 1.32 bits per heavy atom. The molecular formula is C14H19ClN2O2. The molecule has 2 atom stereocenters. The van der Waals surface area contributed by atoms with E-state index in [4.69, 9.17) is 21.1 Å². The molecule has 0 saturated heterocycles. The van der Waals surface area contributed by atoms with E-state index in [1.807, 2.05) is 25.1 Å². The number of aromatic nitrogens is 2. The van der Waals surface area contributed by atoms with Crippen molar-refractivity contribution < 1.29 is 9.47 Å². The van der Waals surface area contributed by atoms with Crippen LogP contribution in [0.5, 0.6) is 5.75 Å². The summed E-state index contributed by atoms with van der Waals surface area (Å²) in [6.45, 7) is 4.63. The van der Waals surface area contributed by atoms with Gasteiger partial charge in [-0.25, -0.2) is 4.98 Å². The van der Waals surface area contributed by atoms with Crippen molar-refractivity contribution in [3.05, 3.63) is 24.0 Å². The molecule has 104 valence electrons. The highest BCUT2D eigenvalue weighted by Gasteiger charge is 2.19. The molecule has 0 spiro atoms. The molecule has 1 aromatic heterocycles. The summed E-state index contributed by atoms with van der Waals surface area (Å²) in [5, 5.41) is -0.155. The van der Waals surface area contributed by atoms with Gasteiger partial charge in [0.2, 0.25) is 0 Å². The summed E-state index contributed by atoms with van der Waals surface area (Å²) in [7, 11) is 3.35. The van der Waals surface area contributed by atoms with Crippen molar-refractivity contribution >= 4 is 22.6 Å². The summed E-state index contributed by atoms with van der Waals surface area (Å²) in [6.07, 6.45) is 0. The highest BCUT2D eigenvalue weighted by Crippen LogP contribution is 2.30. The molecule has 0 N–H and O–H groups in total. The SMILES string of the molecule is COCC(C)n1c(C(C)Cl)nc2ccc(OC)cc21. The zero-order valence-electron chi connectivity index (χ0n) is 11.7. The van der Waals surface area contributed by atoms with Crippen molar-refractivity contribution in [2.24, 2.45) is 0 Å². The Labute approximate surface area is 118 Å². The van der Waals surface area contributed by atoms with Gasteiger partial charge >= 0.3 is 0 Å². The largest absolute Gasteiger partial charge is 0.497 e. The Morgan fingerprint density at radius 2 is 2.05 bits per heavy atom. The number of alkyl halides is 1. The first-order chi connectivity index (χ1) is 9.08. The van der Waals surface area contributed by atoms with Gasteiger partial charge in [-0.2, -0.15) is 0 Å². The Balaban J connectivity index is 2.63. The van der Waals surface area contributed by atoms with Crippen molar-refractivity contribution in [3.63, 3.8) is 0 Å². The molecule has 0 bridgehead atoms. The fourth-order valence-electron chi connectivity index (χ4n) is 2.28. The van der Waals surface area contributed by atoms with Crippen LogP contribution in [0.15, 0.2) is 18.2 Å². The lowest BCUT2D eigenvalue weighted by molar-refractivity contribution is 0.162. The lowest BCUT2D eigenvalue weighted by atomic mass is 10.2. The van der Waals surface area contributed by atoms with Crippen LogP contribution in [0.2, 0.25) is 0 Å². The summed E-state index contributed by atoms with van der Waals surface area (Å²) in [5.74, 6) is 1.67. The third-order valence-corrected chi connectivity index (χ3v) is 3.32. The minimum atomic E-state index is -0.155. The third kappa shape index (κ3) is 2.69. The Morgan fingerprint density at radius 3 is 2.63 bits per heavy atom. The molecule has 2 aromatic rings. The predicted octanol–water partition coefficient (Wildman–Crippen LogP) is 3.55. The maximum atomic E-state index is 6.24. The van der Waals surface area contributed by atoms with Crippen LogP contribution in [0.4, 0.5) is 0 Å². The second kappa shape index (κ2) is 5.80. The van der Waals surface area contributed by atoms with Gasteiger partial charge in [0, 0.05) is 13.2 Å². The number of hydrogen-bond acceptors (Lipinski definition) is 3. The molecule has 2 rings (SSSR count). The molecule has 0 fully saturated rings. The van der Waals surface area contributed by atoms with Crippen LogP contribution >= 0.6 is 11.6 Å².